The molecule has 158 valence electrons. The molecule has 6 nitrogen and oxygen atoms in total. The van der Waals surface area contributed by atoms with Crippen molar-refractivity contribution in [3.8, 4) is 5.75 Å². The Labute approximate surface area is 181 Å². The highest BCUT2D eigenvalue weighted by Gasteiger charge is 2.14. The summed E-state index contributed by atoms with van der Waals surface area (Å²) in [5.41, 5.74) is 0.979. The van der Waals surface area contributed by atoms with Gasteiger partial charge in [0.1, 0.15) is 5.75 Å². The Morgan fingerprint density at radius 2 is 1.83 bits per heavy atom. The first kappa shape index (κ1) is 23.4. The smallest absolute Gasteiger partial charge is 0.255 e. The molecule has 0 aliphatic rings. The number of anilines is 1. The first-order valence-corrected chi connectivity index (χ1v) is 11.8. The largest absolute Gasteiger partial charge is 0.492 e. The number of ether oxygens (including phenoxy) is 1. The topological polar surface area (TPSA) is 84.5 Å². The van der Waals surface area contributed by atoms with Gasteiger partial charge in [0.2, 0.25) is 10.0 Å². The predicted molar refractivity (Wildman–Crippen MR) is 119 cm³/mol. The Morgan fingerprint density at radius 3 is 2.41 bits per heavy atom. The van der Waals surface area contributed by atoms with E-state index in [2.05, 4.69) is 39.8 Å². The summed E-state index contributed by atoms with van der Waals surface area (Å²) in [5.74, 6) is 0.957. The molecular formula is C21H27BrN2O4S. The highest BCUT2D eigenvalue weighted by atomic mass is 79.9. The Balaban J connectivity index is 2.02. The van der Waals surface area contributed by atoms with Crippen LogP contribution in [-0.4, -0.2) is 27.5 Å². The average Bonchev–Trinajstić information content (AvgIpc) is 2.67. The van der Waals surface area contributed by atoms with E-state index in [1.807, 2.05) is 6.92 Å². The van der Waals surface area contributed by atoms with Gasteiger partial charge < -0.3 is 10.1 Å². The van der Waals surface area contributed by atoms with Crippen LogP contribution in [0, 0.1) is 5.92 Å². The molecule has 0 saturated carbocycles. The first-order chi connectivity index (χ1) is 13.7. The number of amides is 1. The molecule has 2 aromatic rings. The van der Waals surface area contributed by atoms with Crippen LogP contribution >= 0.6 is 15.9 Å². The van der Waals surface area contributed by atoms with Crippen LogP contribution in [0.15, 0.2) is 51.8 Å². The van der Waals surface area contributed by atoms with Gasteiger partial charge in [0.25, 0.3) is 5.91 Å². The minimum Gasteiger partial charge on any atom is -0.492 e. The molecule has 0 radical (unpaired) electrons. The zero-order chi connectivity index (χ0) is 21.4. The molecule has 0 fully saturated rings. The summed E-state index contributed by atoms with van der Waals surface area (Å²) in [6, 6.07) is 11.2. The van der Waals surface area contributed by atoms with E-state index >= 15 is 0 Å². The summed E-state index contributed by atoms with van der Waals surface area (Å²) >= 11 is 3.44. The SMILES string of the molecule is CCCNS(=O)(=O)c1ccc(NC(=O)c2ccc(OCCC(C)C)c(Br)c2)cc1. The fraction of sp³-hybridized carbons (Fsp3) is 0.381. The van der Waals surface area contributed by atoms with Crippen molar-refractivity contribution >= 4 is 37.5 Å². The molecule has 0 aliphatic heterocycles. The molecule has 0 heterocycles. The van der Waals surface area contributed by atoms with Crippen LogP contribution in [0.25, 0.3) is 0 Å². The normalized spacial score (nSPS) is 11.5. The molecule has 0 aliphatic carbocycles. The molecule has 0 spiro atoms. The van der Waals surface area contributed by atoms with Crippen LogP contribution in [0.5, 0.6) is 5.75 Å². The van der Waals surface area contributed by atoms with Crippen molar-refractivity contribution in [3.63, 3.8) is 0 Å². The Morgan fingerprint density at radius 1 is 1.14 bits per heavy atom. The number of nitrogens with one attached hydrogen (secondary N) is 2. The molecule has 0 atom stereocenters. The maximum absolute atomic E-state index is 12.5. The Bertz CT molecular complexity index is 928. The standard InChI is InChI=1S/C21H27BrN2O4S/c1-4-12-23-29(26,27)18-8-6-17(7-9-18)24-21(25)16-5-10-20(19(22)14-16)28-13-11-15(2)3/h5-10,14-15,23H,4,11-13H2,1-3H3,(H,24,25). The summed E-state index contributed by atoms with van der Waals surface area (Å²) in [4.78, 5) is 12.7. The fourth-order valence-electron chi connectivity index (χ4n) is 2.40. The van der Waals surface area contributed by atoms with Crippen LogP contribution in [0.2, 0.25) is 0 Å². The molecule has 0 unspecified atom stereocenters. The van der Waals surface area contributed by atoms with Crippen LogP contribution in [0.1, 0.15) is 44.0 Å². The van der Waals surface area contributed by atoms with E-state index in [1.54, 1.807) is 30.3 Å². The van der Waals surface area contributed by atoms with E-state index in [1.165, 1.54) is 12.1 Å². The van der Waals surface area contributed by atoms with Gasteiger partial charge in [-0.15, -0.1) is 0 Å². The van der Waals surface area contributed by atoms with Crippen molar-refractivity contribution < 1.29 is 17.9 Å². The van der Waals surface area contributed by atoms with Gasteiger partial charge in [-0.05, 0) is 77.2 Å². The van der Waals surface area contributed by atoms with E-state index in [4.69, 9.17) is 4.74 Å². The monoisotopic (exact) mass is 482 g/mol. The van der Waals surface area contributed by atoms with E-state index in [0.29, 0.717) is 47.0 Å². The minimum absolute atomic E-state index is 0.162. The minimum atomic E-state index is -3.53. The van der Waals surface area contributed by atoms with Gasteiger partial charge in [0, 0.05) is 17.8 Å². The summed E-state index contributed by atoms with van der Waals surface area (Å²) in [6.07, 6.45) is 1.67. The van der Waals surface area contributed by atoms with E-state index in [-0.39, 0.29) is 10.8 Å². The molecule has 0 saturated heterocycles. The number of rotatable bonds is 10. The van der Waals surface area contributed by atoms with E-state index in [9.17, 15) is 13.2 Å². The van der Waals surface area contributed by atoms with Crippen molar-refractivity contribution in [2.45, 2.75) is 38.5 Å². The molecule has 1 amide bonds. The van der Waals surface area contributed by atoms with Crippen molar-refractivity contribution in [2.24, 2.45) is 5.92 Å². The van der Waals surface area contributed by atoms with Crippen molar-refractivity contribution in [1.82, 2.24) is 4.72 Å². The second-order valence-electron chi connectivity index (χ2n) is 7.05. The Kier molecular flexibility index (Phi) is 8.67. The lowest BCUT2D eigenvalue weighted by molar-refractivity contribution is 0.102. The number of halogens is 1. The third-order valence-corrected chi connectivity index (χ3v) is 6.21. The molecule has 0 aromatic heterocycles. The lowest BCUT2D eigenvalue weighted by Gasteiger charge is -2.11. The predicted octanol–water partition coefficient (Wildman–Crippen LogP) is 4.81. The first-order valence-electron chi connectivity index (χ1n) is 9.56. The second kappa shape index (κ2) is 10.8. The van der Waals surface area contributed by atoms with Gasteiger partial charge in [-0.3, -0.25) is 4.79 Å². The summed E-state index contributed by atoms with van der Waals surface area (Å²) < 4.78 is 33.2. The number of carbonyl (C=O) groups excluding carboxylic acids is 1. The third kappa shape index (κ3) is 7.13. The van der Waals surface area contributed by atoms with Crippen molar-refractivity contribution in [3.05, 3.63) is 52.5 Å². The Hall–Kier alpha value is -1.90. The van der Waals surface area contributed by atoms with E-state index in [0.717, 1.165) is 6.42 Å². The highest BCUT2D eigenvalue weighted by molar-refractivity contribution is 9.10. The molecule has 8 heteroatoms. The zero-order valence-corrected chi connectivity index (χ0v) is 19.3. The summed E-state index contributed by atoms with van der Waals surface area (Å²) in [7, 11) is -3.53. The van der Waals surface area contributed by atoms with Gasteiger partial charge in [0.05, 0.1) is 16.0 Å². The molecule has 2 aromatic carbocycles. The number of hydrogen-bond acceptors (Lipinski definition) is 4. The molecular weight excluding hydrogens is 456 g/mol. The van der Waals surface area contributed by atoms with Crippen LogP contribution in [-0.2, 0) is 10.0 Å². The van der Waals surface area contributed by atoms with Crippen LogP contribution < -0.4 is 14.8 Å². The maximum Gasteiger partial charge on any atom is 0.255 e. The zero-order valence-electron chi connectivity index (χ0n) is 16.9. The third-order valence-electron chi connectivity index (χ3n) is 4.11. The number of benzene rings is 2. The second-order valence-corrected chi connectivity index (χ2v) is 9.67. The van der Waals surface area contributed by atoms with Gasteiger partial charge in [-0.25, -0.2) is 13.1 Å². The average molecular weight is 483 g/mol. The van der Waals surface area contributed by atoms with Gasteiger partial charge >= 0.3 is 0 Å². The van der Waals surface area contributed by atoms with Crippen molar-refractivity contribution in [1.29, 1.82) is 0 Å². The summed E-state index contributed by atoms with van der Waals surface area (Å²) in [6.45, 7) is 7.16. The van der Waals surface area contributed by atoms with Gasteiger partial charge in [0.15, 0.2) is 0 Å². The van der Waals surface area contributed by atoms with Gasteiger partial charge in [-0.2, -0.15) is 0 Å². The quantitative estimate of drug-likeness (QED) is 0.508. The maximum atomic E-state index is 12.5. The van der Waals surface area contributed by atoms with Gasteiger partial charge in [-0.1, -0.05) is 20.8 Å². The molecule has 0 bridgehead atoms. The van der Waals surface area contributed by atoms with Crippen LogP contribution in [0.4, 0.5) is 5.69 Å². The lowest BCUT2D eigenvalue weighted by atomic mass is 10.1. The summed E-state index contributed by atoms with van der Waals surface area (Å²) in [5, 5.41) is 2.77. The highest BCUT2D eigenvalue weighted by Crippen LogP contribution is 2.27. The lowest BCUT2D eigenvalue weighted by Crippen LogP contribution is -2.24. The molecule has 29 heavy (non-hydrogen) atoms. The molecule has 2 N–H and O–H groups in total. The number of sulfonamides is 1. The molecule has 2 rings (SSSR count). The van der Waals surface area contributed by atoms with E-state index < -0.39 is 10.0 Å². The van der Waals surface area contributed by atoms with Crippen LogP contribution in [0.3, 0.4) is 0 Å². The number of hydrogen-bond donors (Lipinski definition) is 2. The van der Waals surface area contributed by atoms with Crippen molar-refractivity contribution in [2.75, 3.05) is 18.5 Å². The fourth-order valence-corrected chi connectivity index (χ4v) is 4.03. The number of carbonyl (C=O) groups is 1.